The summed E-state index contributed by atoms with van der Waals surface area (Å²) in [5.74, 6) is -1.01. The van der Waals surface area contributed by atoms with Crippen LogP contribution in [0.25, 0.3) is 5.65 Å². The SMILES string of the molecule is CCCCc1nc2ccc(F)cn2c1C(=O)c1ccc(O)c(C#N)c1. The van der Waals surface area contributed by atoms with Crippen LogP contribution in [0.1, 0.15) is 47.1 Å². The molecule has 0 unspecified atom stereocenters. The third kappa shape index (κ3) is 3.09. The smallest absolute Gasteiger partial charge is 0.211 e. The number of carbonyl (C=O) groups is 1. The average Bonchev–Trinajstić information content (AvgIpc) is 2.97. The summed E-state index contributed by atoms with van der Waals surface area (Å²) in [6, 6.07) is 8.76. The molecule has 1 aromatic carbocycles. The molecule has 0 amide bonds. The zero-order valence-electron chi connectivity index (χ0n) is 13.7. The quantitative estimate of drug-likeness (QED) is 0.721. The van der Waals surface area contributed by atoms with Gasteiger partial charge in [0.2, 0.25) is 5.78 Å². The van der Waals surface area contributed by atoms with E-state index < -0.39 is 5.82 Å². The number of aromatic nitrogens is 2. The van der Waals surface area contributed by atoms with Crippen molar-refractivity contribution >= 4 is 11.4 Å². The number of pyridine rings is 1. The molecule has 0 saturated carbocycles. The van der Waals surface area contributed by atoms with Crippen LogP contribution in [0.2, 0.25) is 0 Å². The summed E-state index contributed by atoms with van der Waals surface area (Å²) in [5.41, 5.74) is 1.65. The second-order valence-corrected chi connectivity index (χ2v) is 5.76. The van der Waals surface area contributed by atoms with Gasteiger partial charge in [0.15, 0.2) is 0 Å². The molecule has 2 heterocycles. The Morgan fingerprint density at radius 1 is 1.36 bits per heavy atom. The summed E-state index contributed by atoms with van der Waals surface area (Å²) in [4.78, 5) is 17.5. The van der Waals surface area contributed by atoms with Gasteiger partial charge < -0.3 is 5.11 Å². The number of hydrogen-bond acceptors (Lipinski definition) is 4. The molecule has 0 fully saturated rings. The lowest BCUT2D eigenvalue weighted by Gasteiger charge is -2.06. The van der Waals surface area contributed by atoms with Crippen LogP contribution >= 0.6 is 0 Å². The topological polar surface area (TPSA) is 78.4 Å². The largest absolute Gasteiger partial charge is 0.507 e. The van der Waals surface area contributed by atoms with Crippen LogP contribution in [0.4, 0.5) is 4.39 Å². The Hall–Kier alpha value is -3.20. The van der Waals surface area contributed by atoms with E-state index in [1.54, 1.807) is 0 Å². The summed E-state index contributed by atoms with van der Waals surface area (Å²) in [6.45, 7) is 2.04. The van der Waals surface area contributed by atoms with E-state index >= 15 is 0 Å². The Morgan fingerprint density at radius 2 is 2.16 bits per heavy atom. The van der Waals surface area contributed by atoms with Crippen LogP contribution in [0.5, 0.6) is 5.75 Å². The van der Waals surface area contributed by atoms with Crippen molar-refractivity contribution in [2.75, 3.05) is 0 Å². The second-order valence-electron chi connectivity index (χ2n) is 5.76. The van der Waals surface area contributed by atoms with Crippen molar-refractivity contribution in [3.8, 4) is 11.8 Å². The molecule has 0 saturated heterocycles. The minimum absolute atomic E-state index is 0.0148. The first kappa shape index (κ1) is 16.7. The lowest BCUT2D eigenvalue weighted by atomic mass is 10.0. The lowest BCUT2D eigenvalue weighted by Crippen LogP contribution is -2.09. The van der Waals surface area contributed by atoms with E-state index in [9.17, 15) is 14.3 Å². The Bertz CT molecular complexity index is 1000. The predicted octanol–water partition coefficient (Wildman–Crippen LogP) is 3.62. The van der Waals surface area contributed by atoms with E-state index in [4.69, 9.17) is 5.26 Å². The monoisotopic (exact) mass is 337 g/mol. The standard InChI is InChI=1S/C19H16FN3O2/c1-2-3-4-15-18(23-11-14(20)6-8-17(23)22-15)19(25)12-5-7-16(24)13(9-12)10-21/h5-9,11,24H,2-4H2,1H3. The average molecular weight is 337 g/mol. The van der Waals surface area contributed by atoms with Crippen molar-refractivity contribution in [1.29, 1.82) is 5.26 Å². The number of nitriles is 1. The van der Waals surface area contributed by atoms with E-state index in [0.29, 0.717) is 17.8 Å². The molecule has 2 aromatic heterocycles. The number of unbranched alkanes of at least 4 members (excludes halogenated alkanes) is 1. The van der Waals surface area contributed by atoms with Gasteiger partial charge in [0.25, 0.3) is 0 Å². The molecule has 0 aliphatic heterocycles. The van der Waals surface area contributed by atoms with Gasteiger partial charge in [-0.3, -0.25) is 9.20 Å². The van der Waals surface area contributed by atoms with Crippen molar-refractivity contribution in [3.05, 3.63) is 64.9 Å². The number of benzene rings is 1. The van der Waals surface area contributed by atoms with Crippen LogP contribution in [-0.2, 0) is 6.42 Å². The number of halogens is 1. The fraction of sp³-hybridized carbons (Fsp3) is 0.211. The molecular weight excluding hydrogens is 321 g/mol. The van der Waals surface area contributed by atoms with E-state index in [2.05, 4.69) is 4.98 Å². The van der Waals surface area contributed by atoms with Gasteiger partial charge in [-0.05, 0) is 43.2 Å². The van der Waals surface area contributed by atoms with Crippen molar-refractivity contribution in [2.24, 2.45) is 0 Å². The third-order valence-electron chi connectivity index (χ3n) is 4.02. The Labute approximate surface area is 144 Å². The van der Waals surface area contributed by atoms with Crippen molar-refractivity contribution < 1.29 is 14.3 Å². The number of ketones is 1. The highest BCUT2D eigenvalue weighted by Gasteiger charge is 2.21. The predicted molar refractivity (Wildman–Crippen MR) is 90.0 cm³/mol. The van der Waals surface area contributed by atoms with Gasteiger partial charge in [-0.1, -0.05) is 13.3 Å². The van der Waals surface area contributed by atoms with Crippen LogP contribution in [0.3, 0.4) is 0 Å². The molecule has 25 heavy (non-hydrogen) atoms. The minimum atomic E-state index is -0.468. The highest BCUT2D eigenvalue weighted by Crippen LogP contribution is 2.23. The van der Waals surface area contributed by atoms with Gasteiger partial charge in [0.05, 0.1) is 11.3 Å². The van der Waals surface area contributed by atoms with E-state index in [-0.39, 0.29) is 28.4 Å². The first-order chi connectivity index (χ1) is 12.0. The maximum Gasteiger partial charge on any atom is 0.211 e. The zero-order valence-corrected chi connectivity index (χ0v) is 13.7. The summed E-state index contributed by atoms with van der Waals surface area (Å²) in [5, 5.41) is 18.7. The number of phenols is 1. The molecule has 0 aliphatic rings. The van der Waals surface area contributed by atoms with Gasteiger partial charge in [0.1, 0.15) is 29.0 Å². The number of carbonyl (C=O) groups excluding carboxylic acids is 1. The zero-order chi connectivity index (χ0) is 18.0. The third-order valence-corrected chi connectivity index (χ3v) is 4.02. The maximum atomic E-state index is 13.7. The fourth-order valence-corrected chi connectivity index (χ4v) is 2.73. The van der Waals surface area contributed by atoms with Crippen LogP contribution < -0.4 is 0 Å². The molecule has 126 valence electrons. The van der Waals surface area contributed by atoms with Crippen molar-refractivity contribution in [3.63, 3.8) is 0 Å². The summed E-state index contributed by atoms with van der Waals surface area (Å²) >= 11 is 0. The molecule has 0 spiro atoms. The molecular formula is C19H16FN3O2. The van der Waals surface area contributed by atoms with Crippen LogP contribution in [0.15, 0.2) is 36.5 Å². The summed E-state index contributed by atoms with van der Waals surface area (Å²) < 4.78 is 15.1. The number of phenolic OH excluding ortho intramolecular Hbond substituents is 1. The molecule has 6 heteroatoms. The summed E-state index contributed by atoms with van der Waals surface area (Å²) in [7, 11) is 0. The minimum Gasteiger partial charge on any atom is -0.507 e. The molecule has 0 aliphatic carbocycles. The van der Waals surface area contributed by atoms with Crippen molar-refractivity contribution in [1.82, 2.24) is 9.38 Å². The Kier molecular flexibility index (Phi) is 4.48. The number of aryl methyl sites for hydroxylation is 1. The number of fused-ring (bicyclic) bond motifs is 1. The first-order valence-electron chi connectivity index (χ1n) is 7.99. The number of rotatable bonds is 5. The fourth-order valence-electron chi connectivity index (χ4n) is 2.73. The molecule has 5 nitrogen and oxygen atoms in total. The first-order valence-corrected chi connectivity index (χ1v) is 7.99. The van der Waals surface area contributed by atoms with Gasteiger partial charge >= 0.3 is 0 Å². The van der Waals surface area contributed by atoms with E-state index in [0.717, 1.165) is 12.8 Å². The van der Waals surface area contributed by atoms with Gasteiger partial charge in [0, 0.05) is 11.8 Å². The Balaban J connectivity index is 2.17. The van der Waals surface area contributed by atoms with Crippen molar-refractivity contribution in [2.45, 2.75) is 26.2 Å². The molecule has 0 atom stereocenters. The normalized spacial score (nSPS) is 10.8. The second kappa shape index (κ2) is 6.73. The summed E-state index contributed by atoms with van der Waals surface area (Å²) in [6.07, 6.45) is 3.63. The van der Waals surface area contributed by atoms with Gasteiger partial charge in [-0.2, -0.15) is 5.26 Å². The number of nitrogens with zero attached hydrogens (tertiary/aromatic N) is 3. The molecule has 3 aromatic rings. The van der Waals surface area contributed by atoms with Crippen LogP contribution in [-0.4, -0.2) is 20.3 Å². The molecule has 3 rings (SSSR count). The molecule has 0 bridgehead atoms. The Morgan fingerprint density at radius 3 is 2.88 bits per heavy atom. The van der Waals surface area contributed by atoms with E-state index in [1.807, 2.05) is 13.0 Å². The number of aromatic hydroxyl groups is 1. The number of hydrogen-bond donors (Lipinski definition) is 1. The molecule has 1 N–H and O–H groups in total. The van der Waals surface area contributed by atoms with E-state index in [1.165, 1.54) is 40.9 Å². The van der Waals surface area contributed by atoms with Gasteiger partial charge in [-0.25, -0.2) is 9.37 Å². The highest BCUT2D eigenvalue weighted by molar-refractivity contribution is 6.09. The number of imidazole rings is 1. The van der Waals surface area contributed by atoms with Crippen LogP contribution in [0, 0.1) is 17.1 Å². The lowest BCUT2D eigenvalue weighted by molar-refractivity contribution is 0.103. The maximum absolute atomic E-state index is 13.7. The van der Waals surface area contributed by atoms with Gasteiger partial charge in [-0.15, -0.1) is 0 Å². The molecule has 0 radical (unpaired) electrons. The highest BCUT2D eigenvalue weighted by atomic mass is 19.1.